The largest absolute Gasteiger partial charge is 0.372 e. The Morgan fingerprint density at radius 1 is 0.969 bits per heavy atom. The fraction of sp³-hybridized carbons (Fsp3) is 0.500. The Bertz CT molecular complexity index is 1130. The predicted octanol–water partition coefficient (Wildman–Crippen LogP) is 5.52. The van der Waals surface area contributed by atoms with Gasteiger partial charge in [0.25, 0.3) is 5.56 Å². The van der Waals surface area contributed by atoms with Crippen LogP contribution in [0.4, 0.5) is 17.3 Å². The number of aromatic nitrogens is 3. The molecule has 0 spiro atoms. The van der Waals surface area contributed by atoms with Crippen LogP contribution >= 0.6 is 0 Å². The van der Waals surface area contributed by atoms with E-state index in [1.165, 1.54) is 31.4 Å². The number of anilines is 3. The zero-order valence-electron chi connectivity index (χ0n) is 19.1. The summed E-state index contributed by atoms with van der Waals surface area (Å²) < 4.78 is 1.92. The van der Waals surface area contributed by atoms with E-state index >= 15 is 0 Å². The molecule has 6 heteroatoms. The van der Waals surface area contributed by atoms with Crippen LogP contribution in [-0.2, 0) is 0 Å². The molecule has 0 bridgehead atoms. The smallest absolute Gasteiger partial charge is 0.252 e. The Kier molecular flexibility index (Phi) is 5.85. The van der Waals surface area contributed by atoms with Gasteiger partial charge in [-0.25, -0.2) is 4.98 Å². The maximum absolute atomic E-state index is 12.9. The van der Waals surface area contributed by atoms with E-state index in [-0.39, 0.29) is 11.6 Å². The number of hydrogen-bond donors (Lipinski definition) is 1. The highest BCUT2D eigenvalue weighted by atomic mass is 16.1. The topological polar surface area (TPSA) is 63.1 Å². The van der Waals surface area contributed by atoms with Crippen LogP contribution in [0.3, 0.4) is 0 Å². The Morgan fingerprint density at radius 2 is 1.75 bits per heavy atom. The number of pyridine rings is 1. The molecule has 1 N–H and O–H groups in total. The molecule has 6 nitrogen and oxygen atoms in total. The summed E-state index contributed by atoms with van der Waals surface area (Å²) in [5.41, 5.74) is 2.98. The van der Waals surface area contributed by atoms with Crippen LogP contribution in [0.1, 0.15) is 58.4 Å². The van der Waals surface area contributed by atoms with Crippen molar-refractivity contribution in [2.45, 2.75) is 58.4 Å². The van der Waals surface area contributed by atoms with Crippen molar-refractivity contribution in [3.8, 4) is 0 Å². The zero-order chi connectivity index (χ0) is 22.1. The minimum absolute atomic E-state index is 0.0268. The molecule has 2 fully saturated rings. The summed E-state index contributed by atoms with van der Waals surface area (Å²) in [5, 5.41) is 4.24. The van der Waals surface area contributed by atoms with Gasteiger partial charge in [-0.3, -0.25) is 9.36 Å². The Balaban J connectivity index is 1.43. The molecule has 32 heavy (non-hydrogen) atoms. The zero-order valence-corrected chi connectivity index (χ0v) is 19.1. The average Bonchev–Trinajstić information content (AvgIpc) is 2.82. The molecule has 2 aliphatic rings. The molecular formula is C26H33N5O. The Hall–Kier alpha value is -2.89. The van der Waals surface area contributed by atoms with E-state index in [1.807, 2.05) is 16.8 Å². The maximum Gasteiger partial charge on any atom is 0.252 e. The molecule has 168 valence electrons. The highest BCUT2D eigenvalue weighted by molar-refractivity contribution is 5.76. The van der Waals surface area contributed by atoms with Gasteiger partial charge in [-0.2, -0.15) is 4.98 Å². The summed E-state index contributed by atoms with van der Waals surface area (Å²) in [6, 6.07) is 12.2. The normalized spacial score (nSPS) is 23.9. The second kappa shape index (κ2) is 8.93. The van der Waals surface area contributed by atoms with Gasteiger partial charge in [0, 0.05) is 48.2 Å². The van der Waals surface area contributed by atoms with Gasteiger partial charge in [-0.15, -0.1) is 0 Å². The lowest BCUT2D eigenvalue weighted by Crippen LogP contribution is -2.33. The first-order valence-corrected chi connectivity index (χ1v) is 12.1. The molecule has 1 aliphatic heterocycles. The number of hydrogen-bond acceptors (Lipinski definition) is 5. The fourth-order valence-electron chi connectivity index (χ4n) is 5.32. The first kappa shape index (κ1) is 21.0. The van der Waals surface area contributed by atoms with Crippen LogP contribution in [0, 0.1) is 11.8 Å². The summed E-state index contributed by atoms with van der Waals surface area (Å²) in [5.74, 6) is 1.61. The van der Waals surface area contributed by atoms with Gasteiger partial charge in [0.2, 0.25) is 5.95 Å². The average molecular weight is 432 g/mol. The number of piperidine rings is 1. The number of rotatable bonds is 4. The highest BCUT2D eigenvalue weighted by Gasteiger charge is 2.29. The summed E-state index contributed by atoms with van der Waals surface area (Å²) in [4.78, 5) is 24.7. The van der Waals surface area contributed by atoms with E-state index in [0.717, 1.165) is 42.7 Å². The van der Waals surface area contributed by atoms with Crippen molar-refractivity contribution in [1.82, 2.24) is 14.5 Å². The number of benzene rings is 1. The maximum atomic E-state index is 12.9. The molecule has 1 aliphatic carbocycles. The molecule has 1 saturated carbocycles. The molecule has 3 aromatic rings. The van der Waals surface area contributed by atoms with Gasteiger partial charge < -0.3 is 10.2 Å². The highest BCUT2D eigenvalue weighted by Crippen LogP contribution is 2.37. The van der Waals surface area contributed by atoms with Crippen LogP contribution in [0.5, 0.6) is 0 Å². The van der Waals surface area contributed by atoms with Crippen LogP contribution < -0.4 is 15.8 Å². The van der Waals surface area contributed by atoms with E-state index < -0.39 is 0 Å². The second-order valence-electron chi connectivity index (χ2n) is 9.70. The van der Waals surface area contributed by atoms with Gasteiger partial charge >= 0.3 is 0 Å². The van der Waals surface area contributed by atoms with E-state index in [1.54, 1.807) is 6.07 Å². The van der Waals surface area contributed by atoms with Crippen molar-refractivity contribution in [2.24, 2.45) is 11.8 Å². The van der Waals surface area contributed by atoms with Crippen molar-refractivity contribution in [3.63, 3.8) is 0 Å². The van der Waals surface area contributed by atoms with Gasteiger partial charge in [0.1, 0.15) is 5.65 Å². The minimum atomic E-state index is 0.0268. The summed E-state index contributed by atoms with van der Waals surface area (Å²) >= 11 is 0. The standard InChI is InChI=1S/C26H33N5O/c1-18-6-7-19(2)23(16-18)31-24(32)13-8-20-17-27-26(29-25(20)31)28-21-9-11-22(12-10-21)30-14-4-3-5-15-30/h8-13,17-19,23H,3-7,14-16H2,1-2H3,(H,27,28,29). The molecule has 3 atom stereocenters. The number of nitrogens with one attached hydrogen (secondary N) is 1. The predicted molar refractivity (Wildman–Crippen MR) is 131 cm³/mol. The quantitative estimate of drug-likeness (QED) is 0.589. The number of nitrogens with zero attached hydrogens (tertiary/aromatic N) is 4. The van der Waals surface area contributed by atoms with Crippen LogP contribution in [0.25, 0.3) is 11.0 Å². The molecular weight excluding hydrogens is 398 g/mol. The molecule has 2 aromatic heterocycles. The summed E-state index contributed by atoms with van der Waals surface area (Å²) in [6.07, 6.45) is 9.08. The lowest BCUT2D eigenvalue weighted by Gasteiger charge is -2.34. The van der Waals surface area contributed by atoms with Crippen LogP contribution in [-0.4, -0.2) is 27.6 Å². The Morgan fingerprint density at radius 3 is 2.53 bits per heavy atom. The lowest BCUT2D eigenvalue weighted by atomic mass is 9.80. The fourth-order valence-corrected chi connectivity index (χ4v) is 5.32. The van der Waals surface area contributed by atoms with Crippen LogP contribution in [0.15, 0.2) is 47.4 Å². The van der Waals surface area contributed by atoms with Crippen molar-refractivity contribution >= 4 is 28.4 Å². The van der Waals surface area contributed by atoms with Crippen molar-refractivity contribution in [3.05, 3.63) is 52.9 Å². The molecule has 3 heterocycles. The first-order valence-electron chi connectivity index (χ1n) is 12.1. The van der Waals surface area contributed by atoms with Crippen LogP contribution in [0.2, 0.25) is 0 Å². The third-order valence-electron chi connectivity index (χ3n) is 7.26. The molecule has 1 saturated heterocycles. The number of fused-ring (bicyclic) bond motifs is 1. The summed E-state index contributed by atoms with van der Waals surface area (Å²) in [6.45, 7) is 6.81. The van der Waals surface area contributed by atoms with Crippen molar-refractivity contribution in [1.29, 1.82) is 0 Å². The monoisotopic (exact) mass is 431 g/mol. The van der Waals surface area contributed by atoms with E-state index in [9.17, 15) is 4.79 Å². The third kappa shape index (κ3) is 4.23. The minimum Gasteiger partial charge on any atom is -0.372 e. The molecule has 0 amide bonds. The van der Waals surface area contributed by atoms with Gasteiger partial charge in [-0.05, 0) is 74.3 Å². The van der Waals surface area contributed by atoms with Gasteiger partial charge in [0.05, 0.1) is 0 Å². The first-order chi connectivity index (χ1) is 15.6. The lowest BCUT2D eigenvalue weighted by molar-refractivity contribution is 0.207. The van der Waals surface area contributed by atoms with E-state index in [4.69, 9.17) is 4.98 Å². The molecule has 5 rings (SSSR count). The molecule has 3 unspecified atom stereocenters. The van der Waals surface area contributed by atoms with Gasteiger partial charge in [0.15, 0.2) is 0 Å². The third-order valence-corrected chi connectivity index (χ3v) is 7.26. The summed E-state index contributed by atoms with van der Waals surface area (Å²) in [7, 11) is 0. The van der Waals surface area contributed by atoms with Crippen molar-refractivity contribution in [2.75, 3.05) is 23.3 Å². The van der Waals surface area contributed by atoms with E-state index in [2.05, 4.69) is 53.3 Å². The van der Waals surface area contributed by atoms with E-state index in [0.29, 0.717) is 17.8 Å². The van der Waals surface area contributed by atoms with Gasteiger partial charge in [-0.1, -0.05) is 20.3 Å². The molecule has 1 aromatic carbocycles. The SMILES string of the molecule is CC1CCC(C)C(n2c(=O)ccc3cnc(Nc4ccc(N5CCCCC5)cc4)nc32)C1. The van der Waals surface area contributed by atoms with Crippen molar-refractivity contribution < 1.29 is 0 Å². The molecule has 0 radical (unpaired) electrons. The second-order valence-corrected chi connectivity index (χ2v) is 9.70. The Labute approximate surface area is 189 Å².